The molecule has 0 aliphatic heterocycles. The summed E-state index contributed by atoms with van der Waals surface area (Å²) in [6.07, 6.45) is 0. The van der Waals surface area contributed by atoms with Gasteiger partial charge in [0, 0.05) is 16.8 Å². The number of H-pyrrole nitrogens is 1. The largest absolute Gasteiger partial charge is 0.453 e. The van der Waals surface area contributed by atoms with Crippen LogP contribution in [0.15, 0.2) is 18.2 Å². The lowest BCUT2D eigenvalue weighted by atomic mass is 10.0. The number of nitrogens with one attached hydrogen (secondary N) is 1. The van der Waals surface area contributed by atoms with Gasteiger partial charge in [0.25, 0.3) is 0 Å². The Morgan fingerprint density at radius 3 is 2.33 bits per heavy atom. The number of carbonyl (C=O) groups excluding carboxylic acids is 3. The van der Waals surface area contributed by atoms with E-state index in [2.05, 4.69) is 4.98 Å². The van der Waals surface area contributed by atoms with Crippen LogP contribution in [0, 0.1) is 27.7 Å². The monoisotopic (exact) mass is 327 g/mol. The summed E-state index contributed by atoms with van der Waals surface area (Å²) in [4.78, 5) is 39.0. The van der Waals surface area contributed by atoms with Crippen molar-refractivity contribution in [1.82, 2.24) is 4.98 Å². The molecule has 0 saturated heterocycles. The first-order valence-electron chi connectivity index (χ1n) is 7.70. The quantitative estimate of drug-likeness (QED) is 0.673. The van der Waals surface area contributed by atoms with Gasteiger partial charge in [-0.2, -0.15) is 0 Å². The Morgan fingerprint density at radius 1 is 1.08 bits per heavy atom. The van der Waals surface area contributed by atoms with Crippen LogP contribution in [0.2, 0.25) is 0 Å². The van der Waals surface area contributed by atoms with E-state index in [0.29, 0.717) is 22.4 Å². The Balaban J connectivity index is 2.14. The average molecular weight is 327 g/mol. The van der Waals surface area contributed by atoms with E-state index < -0.39 is 5.97 Å². The van der Waals surface area contributed by atoms with Crippen LogP contribution in [-0.4, -0.2) is 29.1 Å². The maximum Gasteiger partial charge on any atom is 0.355 e. The van der Waals surface area contributed by atoms with Crippen LogP contribution in [0.1, 0.15) is 60.5 Å². The van der Waals surface area contributed by atoms with Gasteiger partial charge in [0.15, 0.2) is 12.4 Å². The smallest absolute Gasteiger partial charge is 0.355 e. The molecule has 5 heteroatoms. The van der Waals surface area contributed by atoms with Gasteiger partial charge in [0.1, 0.15) is 5.69 Å². The van der Waals surface area contributed by atoms with Crippen LogP contribution in [-0.2, 0) is 4.74 Å². The fourth-order valence-corrected chi connectivity index (χ4v) is 2.80. The molecule has 0 fully saturated rings. The van der Waals surface area contributed by atoms with Gasteiger partial charge in [-0.05, 0) is 51.8 Å². The molecule has 1 heterocycles. The van der Waals surface area contributed by atoms with Crippen LogP contribution < -0.4 is 0 Å². The number of ether oxygens (including phenoxy) is 1. The molecule has 5 nitrogen and oxygen atoms in total. The van der Waals surface area contributed by atoms with Crippen molar-refractivity contribution in [2.45, 2.75) is 34.6 Å². The van der Waals surface area contributed by atoms with Crippen molar-refractivity contribution in [3.63, 3.8) is 0 Å². The summed E-state index contributed by atoms with van der Waals surface area (Å²) in [6.45, 7) is 8.26. The van der Waals surface area contributed by atoms with Crippen LogP contribution in [0.5, 0.6) is 0 Å². The Labute approximate surface area is 141 Å². The van der Waals surface area contributed by atoms with Crippen LogP contribution in [0.4, 0.5) is 0 Å². The van der Waals surface area contributed by atoms with Gasteiger partial charge in [-0.1, -0.05) is 17.7 Å². The summed E-state index contributed by atoms with van der Waals surface area (Å²) in [5, 5.41) is 0. The van der Waals surface area contributed by atoms with Crippen molar-refractivity contribution >= 4 is 17.5 Å². The number of Topliss-reactive ketones (excluding diaryl/α,β-unsaturated/α-hetero) is 2. The first-order valence-corrected chi connectivity index (χ1v) is 7.70. The third kappa shape index (κ3) is 3.45. The van der Waals surface area contributed by atoms with Crippen LogP contribution >= 0.6 is 0 Å². The van der Waals surface area contributed by atoms with Gasteiger partial charge in [-0.25, -0.2) is 4.79 Å². The number of rotatable bonds is 5. The highest BCUT2D eigenvalue weighted by Crippen LogP contribution is 2.19. The number of aryl methyl sites for hydroxylation is 3. The van der Waals surface area contributed by atoms with Crippen molar-refractivity contribution in [3.05, 3.63) is 57.4 Å². The highest BCUT2D eigenvalue weighted by molar-refractivity contribution is 6.03. The lowest BCUT2D eigenvalue weighted by Gasteiger charge is -2.07. The number of aromatic amines is 1. The molecule has 24 heavy (non-hydrogen) atoms. The molecule has 2 rings (SSSR count). The molecule has 126 valence electrons. The Morgan fingerprint density at radius 2 is 1.75 bits per heavy atom. The summed E-state index contributed by atoms with van der Waals surface area (Å²) >= 11 is 0. The number of benzene rings is 1. The third-order valence-electron chi connectivity index (χ3n) is 4.02. The molecule has 0 aliphatic rings. The number of aromatic nitrogens is 1. The van der Waals surface area contributed by atoms with Crippen LogP contribution in [0.25, 0.3) is 0 Å². The molecular weight excluding hydrogens is 306 g/mol. The van der Waals surface area contributed by atoms with E-state index in [1.54, 1.807) is 19.9 Å². The minimum absolute atomic E-state index is 0.119. The highest BCUT2D eigenvalue weighted by atomic mass is 16.5. The van der Waals surface area contributed by atoms with Crippen molar-refractivity contribution in [2.24, 2.45) is 0 Å². The molecule has 0 amide bonds. The summed E-state index contributed by atoms with van der Waals surface area (Å²) in [5.41, 5.74) is 4.22. The first kappa shape index (κ1) is 17.7. The zero-order valence-corrected chi connectivity index (χ0v) is 14.6. The topological polar surface area (TPSA) is 76.2 Å². The summed E-state index contributed by atoms with van der Waals surface area (Å²) in [7, 11) is 0. The lowest BCUT2D eigenvalue weighted by molar-refractivity contribution is 0.0468. The van der Waals surface area contributed by atoms with Crippen molar-refractivity contribution in [3.8, 4) is 0 Å². The molecule has 0 radical (unpaired) electrons. The molecule has 1 aromatic heterocycles. The van der Waals surface area contributed by atoms with Gasteiger partial charge >= 0.3 is 5.97 Å². The molecule has 1 N–H and O–H groups in total. The summed E-state index contributed by atoms with van der Waals surface area (Å²) in [6, 6.07) is 5.57. The second-order valence-electron chi connectivity index (χ2n) is 6.00. The van der Waals surface area contributed by atoms with E-state index in [4.69, 9.17) is 4.74 Å². The number of carbonyl (C=O) groups is 3. The molecular formula is C19H21NO4. The SMILES string of the molecule is CC(=O)c1c(C)[nH]c(C(=O)OCC(=O)c2cc(C)ccc2C)c1C. The second kappa shape index (κ2) is 6.83. The molecule has 1 aromatic carbocycles. The number of hydrogen-bond acceptors (Lipinski definition) is 4. The predicted molar refractivity (Wildman–Crippen MR) is 90.8 cm³/mol. The van der Waals surface area contributed by atoms with Gasteiger partial charge in [-0.15, -0.1) is 0 Å². The van der Waals surface area contributed by atoms with Gasteiger partial charge in [0.05, 0.1) is 0 Å². The maximum atomic E-state index is 12.3. The standard InChI is InChI=1S/C19H21NO4/c1-10-6-7-11(2)15(8-10)16(22)9-24-19(23)18-12(3)17(14(5)21)13(4)20-18/h6-8,20H,9H2,1-5H3. The van der Waals surface area contributed by atoms with E-state index in [1.165, 1.54) is 6.92 Å². The molecule has 0 unspecified atom stereocenters. The van der Waals surface area contributed by atoms with E-state index in [0.717, 1.165) is 11.1 Å². The highest BCUT2D eigenvalue weighted by Gasteiger charge is 2.22. The molecule has 0 saturated carbocycles. The molecule has 0 aliphatic carbocycles. The minimum Gasteiger partial charge on any atom is -0.453 e. The zero-order valence-electron chi connectivity index (χ0n) is 14.6. The minimum atomic E-state index is -0.637. The van der Waals surface area contributed by atoms with Crippen molar-refractivity contribution in [1.29, 1.82) is 0 Å². The summed E-state index contributed by atoms with van der Waals surface area (Å²) < 4.78 is 5.14. The number of esters is 1. The van der Waals surface area contributed by atoms with Gasteiger partial charge in [-0.3, -0.25) is 9.59 Å². The number of ketones is 2. The lowest BCUT2D eigenvalue weighted by Crippen LogP contribution is -2.16. The molecule has 0 atom stereocenters. The van der Waals surface area contributed by atoms with Gasteiger partial charge < -0.3 is 9.72 Å². The zero-order chi connectivity index (χ0) is 18.0. The normalized spacial score (nSPS) is 10.5. The van der Waals surface area contributed by atoms with Crippen LogP contribution in [0.3, 0.4) is 0 Å². The van der Waals surface area contributed by atoms with Crippen molar-refractivity contribution < 1.29 is 19.1 Å². The third-order valence-corrected chi connectivity index (χ3v) is 4.02. The number of hydrogen-bond donors (Lipinski definition) is 1. The molecule has 0 bridgehead atoms. The molecule has 0 spiro atoms. The van der Waals surface area contributed by atoms with Gasteiger partial charge in [0.2, 0.25) is 5.78 Å². The first-order chi connectivity index (χ1) is 11.2. The van der Waals surface area contributed by atoms with Crippen molar-refractivity contribution in [2.75, 3.05) is 6.61 Å². The predicted octanol–water partition coefficient (Wildman–Crippen LogP) is 3.49. The van der Waals surface area contributed by atoms with E-state index in [9.17, 15) is 14.4 Å². The Bertz CT molecular complexity index is 830. The average Bonchev–Trinajstić information content (AvgIpc) is 2.81. The molecule has 2 aromatic rings. The van der Waals surface area contributed by atoms with E-state index >= 15 is 0 Å². The van der Waals surface area contributed by atoms with E-state index in [1.807, 2.05) is 26.0 Å². The fraction of sp³-hybridized carbons (Fsp3) is 0.316. The summed E-state index contributed by atoms with van der Waals surface area (Å²) in [5.74, 6) is -1.01. The Kier molecular flexibility index (Phi) is 5.02. The Hall–Kier alpha value is -2.69. The maximum absolute atomic E-state index is 12.3. The van der Waals surface area contributed by atoms with E-state index in [-0.39, 0.29) is 23.9 Å². The fourth-order valence-electron chi connectivity index (χ4n) is 2.80. The second-order valence-corrected chi connectivity index (χ2v) is 6.00.